The summed E-state index contributed by atoms with van der Waals surface area (Å²) in [6.07, 6.45) is 9.61. The highest BCUT2D eigenvalue weighted by molar-refractivity contribution is 4.80. The molecule has 2 aliphatic rings. The Kier molecular flexibility index (Phi) is 5.93. The van der Waals surface area contributed by atoms with Crippen LogP contribution in [0.4, 0.5) is 0 Å². The van der Waals surface area contributed by atoms with Gasteiger partial charge < -0.3 is 15.5 Å². The van der Waals surface area contributed by atoms with Crippen molar-refractivity contribution >= 4 is 0 Å². The van der Waals surface area contributed by atoms with Gasteiger partial charge in [-0.3, -0.25) is 0 Å². The molecule has 18 heavy (non-hydrogen) atoms. The number of piperidine rings is 2. The average molecular weight is 253 g/mol. The van der Waals surface area contributed by atoms with Crippen LogP contribution in [0.3, 0.4) is 0 Å². The average Bonchev–Trinajstić information content (AvgIpc) is 2.39. The fraction of sp³-hybridized carbons (Fsp3) is 1.00. The predicted octanol–water partition coefficient (Wildman–Crippen LogP) is 1.98. The summed E-state index contributed by atoms with van der Waals surface area (Å²) in [6.45, 7) is 6.02. The zero-order chi connectivity index (χ0) is 12.8. The van der Waals surface area contributed by atoms with Crippen molar-refractivity contribution in [1.29, 1.82) is 0 Å². The molecule has 3 unspecified atom stereocenters. The maximum atomic E-state index is 3.75. The van der Waals surface area contributed by atoms with E-state index >= 15 is 0 Å². The molecule has 0 radical (unpaired) electrons. The van der Waals surface area contributed by atoms with Crippen LogP contribution in [0.1, 0.15) is 51.9 Å². The van der Waals surface area contributed by atoms with Gasteiger partial charge in [-0.2, -0.15) is 0 Å². The summed E-state index contributed by atoms with van der Waals surface area (Å²) in [5.74, 6) is 0. The first-order valence-electron chi connectivity index (χ1n) is 7.92. The third kappa shape index (κ3) is 4.52. The van der Waals surface area contributed by atoms with E-state index < -0.39 is 0 Å². The molecular weight excluding hydrogens is 222 g/mol. The lowest BCUT2D eigenvalue weighted by Gasteiger charge is -2.34. The minimum atomic E-state index is 0.649. The maximum Gasteiger partial charge on any atom is 0.0217 e. The highest BCUT2D eigenvalue weighted by atomic mass is 15.2. The van der Waals surface area contributed by atoms with E-state index in [4.69, 9.17) is 0 Å². The molecule has 0 aromatic rings. The van der Waals surface area contributed by atoms with Crippen LogP contribution >= 0.6 is 0 Å². The number of nitrogens with one attached hydrogen (secondary N) is 2. The number of hydrogen-bond donors (Lipinski definition) is 2. The van der Waals surface area contributed by atoms with Gasteiger partial charge in [-0.25, -0.2) is 0 Å². The molecule has 3 atom stereocenters. The monoisotopic (exact) mass is 253 g/mol. The molecule has 3 nitrogen and oxygen atoms in total. The van der Waals surface area contributed by atoms with Gasteiger partial charge in [-0.1, -0.05) is 12.8 Å². The van der Waals surface area contributed by atoms with Gasteiger partial charge in [0.1, 0.15) is 0 Å². The molecule has 0 aromatic carbocycles. The molecule has 106 valence electrons. The SMILES string of the molecule is CC(CC1CCCCN1)NCC1CCCCN1C. The lowest BCUT2D eigenvalue weighted by atomic mass is 9.98. The number of likely N-dealkylation sites (tertiary alicyclic amines) is 1. The van der Waals surface area contributed by atoms with Crippen molar-refractivity contribution in [3.8, 4) is 0 Å². The van der Waals surface area contributed by atoms with Crippen molar-refractivity contribution in [2.75, 3.05) is 26.7 Å². The Balaban J connectivity index is 1.62. The Morgan fingerprint density at radius 2 is 2.06 bits per heavy atom. The van der Waals surface area contributed by atoms with Gasteiger partial charge >= 0.3 is 0 Å². The van der Waals surface area contributed by atoms with Gasteiger partial charge in [0.05, 0.1) is 0 Å². The topological polar surface area (TPSA) is 27.3 Å². The van der Waals surface area contributed by atoms with Gasteiger partial charge in [0.2, 0.25) is 0 Å². The Morgan fingerprint density at radius 1 is 1.22 bits per heavy atom. The van der Waals surface area contributed by atoms with Gasteiger partial charge in [0, 0.05) is 24.7 Å². The van der Waals surface area contributed by atoms with Crippen molar-refractivity contribution in [3.05, 3.63) is 0 Å². The first-order valence-corrected chi connectivity index (χ1v) is 7.92. The van der Waals surface area contributed by atoms with E-state index in [1.807, 2.05) is 0 Å². The third-order valence-corrected chi connectivity index (χ3v) is 4.67. The molecule has 0 aromatic heterocycles. The Hall–Kier alpha value is -0.120. The number of nitrogens with zero attached hydrogens (tertiary/aromatic N) is 1. The Labute approximate surface area is 113 Å². The number of hydrogen-bond acceptors (Lipinski definition) is 3. The highest BCUT2D eigenvalue weighted by Gasteiger charge is 2.20. The van der Waals surface area contributed by atoms with Crippen molar-refractivity contribution in [2.45, 2.75) is 70.0 Å². The minimum absolute atomic E-state index is 0.649. The molecule has 2 saturated heterocycles. The molecule has 2 fully saturated rings. The molecule has 2 aliphatic heterocycles. The van der Waals surface area contributed by atoms with E-state index in [-0.39, 0.29) is 0 Å². The molecule has 2 rings (SSSR count). The summed E-state index contributed by atoms with van der Waals surface area (Å²) in [5, 5.41) is 7.39. The fourth-order valence-corrected chi connectivity index (χ4v) is 3.37. The van der Waals surface area contributed by atoms with Crippen LogP contribution in [-0.2, 0) is 0 Å². The van der Waals surface area contributed by atoms with Crippen LogP contribution in [0.25, 0.3) is 0 Å². The summed E-state index contributed by atoms with van der Waals surface area (Å²) in [5.41, 5.74) is 0. The zero-order valence-electron chi connectivity index (χ0n) is 12.3. The van der Waals surface area contributed by atoms with Crippen molar-refractivity contribution in [3.63, 3.8) is 0 Å². The van der Waals surface area contributed by atoms with Crippen molar-refractivity contribution in [2.24, 2.45) is 0 Å². The summed E-state index contributed by atoms with van der Waals surface area (Å²) < 4.78 is 0. The normalized spacial score (nSPS) is 32.3. The second kappa shape index (κ2) is 7.46. The zero-order valence-corrected chi connectivity index (χ0v) is 12.3. The molecule has 2 heterocycles. The standard InChI is InChI=1S/C15H31N3/c1-13(11-14-7-3-5-9-16-14)17-12-15-8-4-6-10-18(15)2/h13-17H,3-12H2,1-2H3. The highest BCUT2D eigenvalue weighted by Crippen LogP contribution is 2.15. The van der Waals surface area contributed by atoms with E-state index in [2.05, 4.69) is 29.5 Å². The van der Waals surface area contributed by atoms with Crippen LogP contribution in [0.15, 0.2) is 0 Å². The summed E-state index contributed by atoms with van der Waals surface area (Å²) in [6, 6.07) is 2.17. The molecule has 0 spiro atoms. The summed E-state index contributed by atoms with van der Waals surface area (Å²) in [4.78, 5) is 2.53. The quantitative estimate of drug-likeness (QED) is 0.784. The largest absolute Gasteiger partial charge is 0.314 e. The smallest absolute Gasteiger partial charge is 0.0217 e. The minimum Gasteiger partial charge on any atom is -0.314 e. The number of rotatable bonds is 5. The van der Waals surface area contributed by atoms with Crippen molar-refractivity contribution < 1.29 is 0 Å². The van der Waals surface area contributed by atoms with Crippen LogP contribution < -0.4 is 10.6 Å². The first-order chi connectivity index (χ1) is 8.75. The Morgan fingerprint density at radius 3 is 2.78 bits per heavy atom. The fourth-order valence-electron chi connectivity index (χ4n) is 3.37. The summed E-state index contributed by atoms with van der Waals surface area (Å²) in [7, 11) is 2.28. The molecule has 0 bridgehead atoms. The van der Waals surface area contributed by atoms with Crippen LogP contribution in [0.2, 0.25) is 0 Å². The van der Waals surface area contributed by atoms with Crippen molar-refractivity contribution in [1.82, 2.24) is 15.5 Å². The van der Waals surface area contributed by atoms with Crippen LogP contribution in [0, 0.1) is 0 Å². The third-order valence-electron chi connectivity index (χ3n) is 4.67. The summed E-state index contributed by atoms with van der Waals surface area (Å²) >= 11 is 0. The van der Waals surface area contributed by atoms with E-state index in [1.165, 1.54) is 64.6 Å². The van der Waals surface area contributed by atoms with E-state index in [9.17, 15) is 0 Å². The van der Waals surface area contributed by atoms with Gasteiger partial charge in [0.25, 0.3) is 0 Å². The van der Waals surface area contributed by atoms with Crippen LogP contribution in [-0.4, -0.2) is 49.7 Å². The predicted molar refractivity (Wildman–Crippen MR) is 78.0 cm³/mol. The van der Waals surface area contributed by atoms with E-state index in [0.29, 0.717) is 6.04 Å². The van der Waals surface area contributed by atoms with Gasteiger partial charge in [0.15, 0.2) is 0 Å². The molecule has 0 saturated carbocycles. The molecule has 2 N–H and O–H groups in total. The first kappa shape index (κ1) is 14.3. The van der Waals surface area contributed by atoms with Crippen LogP contribution in [0.5, 0.6) is 0 Å². The van der Waals surface area contributed by atoms with E-state index in [0.717, 1.165) is 12.1 Å². The molecular formula is C15H31N3. The molecule has 0 amide bonds. The number of likely N-dealkylation sites (N-methyl/N-ethyl adjacent to an activating group) is 1. The Bertz CT molecular complexity index is 226. The van der Waals surface area contributed by atoms with Gasteiger partial charge in [-0.05, 0) is 59.2 Å². The lowest BCUT2D eigenvalue weighted by molar-refractivity contribution is 0.176. The molecule has 0 aliphatic carbocycles. The van der Waals surface area contributed by atoms with Gasteiger partial charge in [-0.15, -0.1) is 0 Å². The second-order valence-electron chi connectivity index (χ2n) is 6.32. The second-order valence-corrected chi connectivity index (χ2v) is 6.32. The lowest BCUT2D eigenvalue weighted by Crippen LogP contribution is -2.46. The molecule has 3 heteroatoms. The van der Waals surface area contributed by atoms with E-state index in [1.54, 1.807) is 0 Å². The maximum absolute atomic E-state index is 3.75.